The van der Waals surface area contributed by atoms with Crippen molar-refractivity contribution >= 4 is 0 Å². The van der Waals surface area contributed by atoms with Crippen molar-refractivity contribution in [3.05, 3.63) is 30.1 Å². The zero-order valence-electron chi connectivity index (χ0n) is 8.77. The molecule has 76 valence electrons. The second-order valence-corrected chi connectivity index (χ2v) is 4.61. The van der Waals surface area contributed by atoms with Crippen molar-refractivity contribution in [2.24, 2.45) is 11.8 Å². The molecule has 2 heteroatoms. The van der Waals surface area contributed by atoms with Gasteiger partial charge in [-0.25, -0.2) is 0 Å². The Bertz CT molecular complexity index is 311. The topological polar surface area (TPSA) is 33.1 Å². The number of aliphatic hydroxyl groups is 1. The van der Waals surface area contributed by atoms with Crippen molar-refractivity contribution in [2.45, 2.75) is 32.3 Å². The van der Waals surface area contributed by atoms with Crippen LogP contribution < -0.4 is 0 Å². The summed E-state index contributed by atoms with van der Waals surface area (Å²) in [4.78, 5) is 3.97. The molecule has 1 aromatic heterocycles. The molecule has 1 aliphatic carbocycles. The molecule has 2 rings (SSSR count). The van der Waals surface area contributed by atoms with Crippen LogP contribution in [0.4, 0.5) is 0 Å². The van der Waals surface area contributed by atoms with Gasteiger partial charge in [0.05, 0.1) is 5.60 Å². The van der Waals surface area contributed by atoms with Gasteiger partial charge in [-0.15, -0.1) is 0 Å². The molecule has 0 amide bonds. The van der Waals surface area contributed by atoms with Gasteiger partial charge in [0, 0.05) is 18.8 Å². The Morgan fingerprint density at radius 1 is 1.43 bits per heavy atom. The highest BCUT2D eigenvalue weighted by atomic mass is 16.3. The van der Waals surface area contributed by atoms with Gasteiger partial charge in [0.1, 0.15) is 0 Å². The SMILES string of the molecule is CC1CC(O)(Cc2ccncc2)C1C. The van der Waals surface area contributed by atoms with E-state index in [1.807, 2.05) is 12.1 Å². The number of rotatable bonds is 2. The van der Waals surface area contributed by atoms with Gasteiger partial charge in [-0.05, 0) is 36.0 Å². The van der Waals surface area contributed by atoms with Crippen LogP contribution in [0.15, 0.2) is 24.5 Å². The maximum Gasteiger partial charge on any atom is 0.0718 e. The van der Waals surface area contributed by atoms with E-state index in [1.54, 1.807) is 12.4 Å². The van der Waals surface area contributed by atoms with E-state index in [0.717, 1.165) is 12.8 Å². The van der Waals surface area contributed by atoms with Crippen LogP contribution in [0.3, 0.4) is 0 Å². The highest BCUT2D eigenvalue weighted by Crippen LogP contribution is 2.45. The zero-order chi connectivity index (χ0) is 10.2. The molecule has 1 aromatic rings. The van der Waals surface area contributed by atoms with Crippen molar-refractivity contribution in [2.75, 3.05) is 0 Å². The van der Waals surface area contributed by atoms with Crippen molar-refractivity contribution in [3.63, 3.8) is 0 Å². The van der Waals surface area contributed by atoms with Crippen LogP contribution >= 0.6 is 0 Å². The molecule has 1 aliphatic rings. The van der Waals surface area contributed by atoms with E-state index >= 15 is 0 Å². The molecule has 0 spiro atoms. The molecule has 0 bridgehead atoms. The van der Waals surface area contributed by atoms with Gasteiger partial charge in [0.2, 0.25) is 0 Å². The third-order valence-corrected chi connectivity index (χ3v) is 3.64. The minimum atomic E-state index is -0.471. The van der Waals surface area contributed by atoms with E-state index < -0.39 is 5.60 Å². The molecule has 0 saturated heterocycles. The van der Waals surface area contributed by atoms with Gasteiger partial charge in [0.15, 0.2) is 0 Å². The van der Waals surface area contributed by atoms with E-state index in [0.29, 0.717) is 11.8 Å². The van der Waals surface area contributed by atoms with Crippen LogP contribution in [0.2, 0.25) is 0 Å². The van der Waals surface area contributed by atoms with E-state index in [2.05, 4.69) is 18.8 Å². The summed E-state index contributed by atoms with van der Waals surface area (Å²) in [6.45, 7) is 4.33. The summed E-state index contributed by atoms with van der Waals surface area (Å²) in [6.07, 6.45) is 5.26. The molecule has 3 atom stereocenters. The lowest BCUT2D eigenvalue weighted by atomic mass is 9.61. The Morgan fingerprint density at radius 2 is 2.07 bits per heavy atom. The second-order valence-electron chi connectivity index (χ2n) is 4.61. The number of nitrogens with zero attached hydrogens (tertiary/aromatic N) is 1. The van der Waals surface area contributed by atoms with Crippen LogP contribution in [0.1, 0.15) is 25.8 Å². The minimum absolute atomic E-state index is 0.413. The Balaban J connectivity index is 2.06. The molecule has 1 fully saturated rings. The van der Waals surface area contributed by atoms with Gasteiger partial charge in [-0.3, -0.25) is 4.98 Å². The van der Waals surface area contributed by atoms with Gasteiger partial charge in [0.25, 0.3) is 0 Å². The van der Waals surface area contributed by atoms with Gasteiger partial charge < -0.3 is 5.11 Å². The molecule has 3 unspecified atom stereocenters. The fraction of sp³-hybridized carbons (Fsp3) is 0.583. The number of hydrogen-bond donors (Lipinski definition) is 1. The average Bonchev–Trinajstić information content (AvgIpc) is 2.19. The Morgan fingerprint density at radius 3 is 2.57 bits per heavy atom. The predicted octanol–water partition coefficient (Wildman–Crippen LogP) is 2.03. The summed E-state index contributed by atoms with van der Waals surface area (Å²) in [5.74, 6) is 1.07. The third kappa shape index (κ3) is 1.55. The first-order valence-electron chi connectivity index (χ1n) is 5.23. The lowest BCUT2D eigenvalue weighted by Crippen LogP contribution is -2.53. The quantitative estimate of drug-likeness (QED) is 0.776. The lowest BCUT2D eigenvalue weighted by molar-refractivity contribution is -0.123. The molecular formula is C12H17NO. The predicted molar refractivity (Wildman–Crippen MR) is 55.8 cm³/mol. The normalized spacial score (nSPS) is 36.5. The highest BCUT2D eigenvalue weighted by Gasteiger charge is 2.47. The van der Waals surface area contributed by atoms with Crippen molar-refractivity contribution < 1.29 is 5.11 Å². The van der Waals surface area contributed by atoms with E-state index in [-0.39, 0.29) is 0 Å². The van der Waals surface area contributed by atoms with Gasteiger partial charge in [-0.1, -0.05) is 13.8 Å². The first-order valence-corrected chi connectivity index (χ1v) is 5.23. The minimum Gasteiger partial charge on any atom is -0.389 e. The Hall–Kier alpha value is -0.890. The number of hydrogen-bond acceptors (Lipinski definition) is 2. The average molecular weight is 191 g/mol. The molecule has 14 heavy (non-hydrogen) atoms. The Labute approximate surface area is 85.0 Å². The molecule has 0 aromatic carbocycles. The number of pyridine rings is 1. The Kier molecular flexibility index (Phi) is 2.31. The smallest absolute Gasteiger partial charge is 0.0718 e. The molecule has 1 N–H and O–H groups in total. The summed E-state index contributed by atoms with van der Waals surface area (Å²) >= 11 is 0. The highest BCUT2D eigenvalue weighted by molar-refractivity contribution is 5.16. The van der Waals surface area contributed by atoms with Gasteiger partial charge >= 0.3 is 0 Å². The van der Waals surface area contributed by atoms with Gasteiger partial charge in [-0.2, -0.15) is 0 Å². The first-order chi connectivity index (χ1) is 6.62. The summed E-state index contributed by atoms with van der Waals surface area (Å²) in [5, 5.41) is 10.3. The second kappa shape index (κ2) is 3.35. The van der Waals surface area contributed by atoms with Crippen molar-refractivity contribution in [3.8, 4) is 0 Å². The monoisotopic (exact) mass is 191 g/mol. The standard InChI is InChI=1S/C12H17NO/c1-9-7-12(14,10(9)2)8-11-3-5-13-6-4-11/h3-6,9-10,14H,7-8H2,1-2H3. The van der Waals surface area contributed by atoms with Crippen molar-refractivity contribution in [1.29, 1.82) is 0 Å². The first kappa shape index (κ1) is 9.66. The maximum absolute atomic E-state index is 10.3. The zero-order valence-corrected chi connectivity index (χ0v) is 8.77. The fourth-order valence-corrected chi connectivity index (χ4v) is 2.38. The summed E-state index contributed by atoms with van der Waals surface area (Å²) in [5.41, 5.74) is 0.710. The molecule has 0 aliphatic heterocycles. The number of aromatic nitrogens is 1. The third-order valence-electron chi connectivity index (χ3n) is 3.64. The van der Waals surface area contributed by atoms with E-state index in [4.69, 9.17) is 0 Å². The fourth-order valence-electron chi connectivity index (χ4n) is 2.38. The summed E-state index contributed by atoms with van der Waals surface area (Å²) < 4.78 is 0. The molecule has 2 nitrogen and oxygen atoms in total. The molecule has 1 heterocycles. The van der Waals surface area contributed by atoms with Crippen LogP contribution in [0, 0.1) is 11.8 Å². The lowest BCUT2D eigenvalue weighted by Gasteiger charge is -2.49. The van der Waals surface area contributed by atoms with Crippen LogP contribution in [-0.2, 0) is 6.42 Å². The van der Waals surface area contributed by atoms with E-state index in [1.165, 1.54) is 5.56 Å². The molecular weight excluding hydrogens is 174 g/mol. The maximum atomic E-state index is 10.3. The van der Waals surface area contributed by atoms with Crippen molar-refractivity contribution in [1.82, 2.24) is 4.98 Å². The van der Waals surface area contributed by atoms with E-state index in [9.17, 15) is 5.11 Å². The van der Waals surface area contributed by atoms with Crippen LogP contribution in [-0.4, -0.2) is 15.7 Å². The molecule has 1 saturated carbocycles. The largest absolute Gasteiger partial charge is 0.389 e. The molecule has 0 radical (unpaired) electrons. The van der Waals surface area contributed by atoms with Crippen LogP contribution in [0.5, 0.6) is 0 Å². The summed E-state index contributed by atoms with van der Waals surface area (Å²) in [6, 6.07) is 3.96. The van der Waals surface area contributed by atoms with Crippen LogP contribution in [0.25, 0.3) is 0 Å². The summed E-state index contributed by atoms with van der Waals surface area (Å²) in [7, 11) is 0.